The van der Waals surface area contributed by atoms with E-state index in [1.165, 1.54) is 33.3 Å². The Bertz CT molecular complexity index is 1720. The van der Waals surface area contributed by atoms with Crippen molar-refractivity contribution >= 4 is 68.8 Å². The number of amides is 2. The van der Waals surface area contributed by atoms with Crippen LogP contribution in [0.4, 0.5) is 11.4 Å². The van der Waals surface area contributed by atoms with Crippen molar-refractivity contribution in [3.8, 4) is 0 Å². The van der Waals surface area contributed by atoms with Gasteiger partial charge in [-0.25, -0.2) is 9.59 Å². The van der Waals surface area contributed by atoms with Crippen LogP contribution in [0.1, 0.15) is 0 Å². The van der Waals surface area contributed by atoms with Crippen LogP contribution in [-0.2, 0) is 37.8 Å². The quantitative estimate of drug-likeness (QED) is 0.329. The van der Waals surface area contributed by atoms with Gasteiger partial charge in [0.1, 0.15) is 0 Å². The summed E-state index contributed by atoms with van der Waals surface area (Å²) >= 11 is 2.49. The summed E-state index contributed by atoms with van der Waals surface area (Å²) in [7, 11) is 10.2. The summed E-state index contributed by atoms with van der Waals surface area (Å²) in [5.74, 6) is -0.567. The Kier molecular flexibility index (Phi) is 4.71. The topological polar surface area (TPSA) is 94.5 Å². The van der Waals surface area contributed by atoms with Crippen LogP contribution in [0.5, 0.6) is 0 Å². The van der Waals surface area contributed by atoms with Crippen LogP contribution in [0.25, 0.3) is 22.1 Å². The lowest BCUT2D eigenvalue weighted by molar-refractivity contribution is -0.116. The zero-order valence-electron chi connectivity index (χ0n) is 20.4. The first-order chi connectivity index (χ1) is 17.0. The third kappa shape index (κ3) is 2.82. The summed E-state index contributed by atoms with van der Waals surface area (Å²) in [5.41, 5.74) is 4.03. The van der Waals surface area contributed by atoms with E-state index in [9.17, 15) is 19.2 Å². The van der Waals surface area contributed by atoms with Crippen molar-refractivity contribution in [1.82, 2.24) is 18.3 Å². The van der Waals surface area contributed by atoms with Gasteiger partial charge in [-0.1, -0.05) is 23.5 Å². The molecule has 0 saturated carbocycles. The molecule has 184 valence electrons. The lowest BCUT2D eigenvalue weighted by Crippen LogP contribution is -2.35. The number of carbonyl (C=O) groups excluding carboxylic acids is 2. The van der Waals surface area contributed by atoms with Gasteiger partial charge in [-0.2, -0.15) is 0 Å². The molecule has 36 heavy (non-hydrogen) atoms. The minimum atomic E-state index is -0.284. The fourth-order valence-electron chi connectivity index (χ4n) is 4.84. The molecule has 0 unspecified atom stereocenters. The Labute approximate surface area is 213 Å². The number of aryl methyl sites for hydroxylation is 4. The van der Waals surface area contributed by atoms with Gasteiger partial charge in [-0.3, -0.25) is 27.9 Å². The van der Waals surface area contributed by atoms with Gasteiger partial charge in [-0.05, 0) is 24.3 Å². The molecule has 2 aromatic heterocycles. The van der Waals surface area contributed by atoms with Gasteiger partial charge in [0.25, 0.3) is 11.8 Å². The number of rotatable bonds is 0. The van der Waals surface area contributed by atoms with Crippen molar-refractivity contribution < 1.29 is 9.59 Å². The van der Waals surface area contributed by atoms with E-state index < -0.39 is 0 Å². The number of anilines is 2. The maximum Gasteiger partial charge on any atom is 0.328 e. The smallest absolute Gasteiger partial charge is 0.310 e. The molecule has 2 aromatic carbocycles. The Morgan fingerprint density at radius 1 is 0.500 bits per heavy atom. The standard InChI is InChI=1S/C24H22N6O4S2/c1-25-15-7-11-13(29(5)23(33)27(11)3)9-17(15)35-19(21(25)31)20-22(32)26(2)16-8-12-14(10-18(16)36-20)30(6)24(34)28(12)4/h7-10H,1-6H3/b20-19+. The summed E-state index contributed by atoms with van der Waals surface area (Å²) < 4.78 is 6.24. The molecular formula is C24H22N6O4S2. The van der Waals surface area contributed by atoms with Gasteiger partial charge in [0.15, 0.2) is 0 Å². The van der Waals surface area contributed by atoms with Gasteiger partial charge < -0.3 is 9.80 Å². The molecule has 10 nitrogen and oxygen atoms in total. The first kappa shape index (κ1) is 22.8. The predicted octanol–water partition coefficient (Wildman–Crippen LogP) is 2.12. The van der Waals surface area contributed by atoms with Crippen LogP contribution in [0.3, 0.4) is 0 Å². The normalized spacial score (nSPS) is 17.9. The second-order valence-corrected chi connectivity index (χ2v) is 11.1. The molecule has 12 heteroatoms. The van der Waals surface area contributed by atoms with Crippen LogP contribution in [-0.4, -0.2) is 44.2 Å². The zero-order valence-corrected chi connectivity index (χ0v) is 22.1. The second kappa shape index (κ2) is 7.43. The molecule has 4 heterocycles. The lowest BCUT2D eigenvalue weighted by Gasteiger charge is -2.32. The summed E-state index contributed by atoms with van der Waals surface area (Å²) in [6.45, 7) is 0. The van der Waals surface area contributed by atoms with E-state index in [0.29, 0.717) is 21.2 Å². The highest BCUT2D eigenvalue weighted by Gasteiger charge is 2.37. The summed E-state index contributed by atoms with van der Waals surface area (Å²) in [6.07, 6.45) is 0. The van der Waals surface area contributed by atoms with Gasteiger partial charge in [0, 0.05) is 52.1 Å². The second-order valence-electron chi connectivity index (χ2n) is 9.01. The third-order valence-electron chi connectivity index (χ3n) is 7.06. The van der Waals surface area contributed by atoms with Crippen molar-refractivity contribution in [2.75, 3.05) is 23.9 Å². The molecule has 2 aliphatic rings. The van der Waals surface area contributed by atoms with E-state index in [1.807, 2.05) is 24.3 Å². The molecule has 4 aromatic rings. The summed E-state index contributed by atoms with van der Waals surface area (Å²) in [6, 6.07) is 7.45. The fourth-order valence-corrected chi connectivity index (χ4v) is 7.28. The van der Waals surface area contributed by atoms with E-state index >= 15 is 0 Å². The molecule has 0 atom stereocenters. The van der Waals surface area contributed by atoms with Crippen LogP contribution >= 0.6 is 23.5 Å². The van der Waals surface area contributed by atoms with E-state index in [-0.39, 0.29) is 23.2 Å². The van der Waals surface area contributed by atoms with Crippen LogP contribution in [0, 0.1) is 0 Å². The van der Waals surface area contributed by atoms with Crippen LogP contribution < -0.4 is 21.2 Å². The molecule has 2 amide bonds. The number of fused-ring (bicyclic) bond motifs is 4. The Morgan fingerprint density at radius 3 is 1.14 bits per heavy atom. The molecular weight excluding hydrogens is 500 g/mol. The molecule has 6 rings (SSSR count). The molecule has 0 saturated heterocycles. The van der Waals surface area contributed by atoms with Crippen molar-refractivity contribution in [3.63, 3.8) is 0 Å². The summed E-state index contributed by atoms with van der Waals surface area (Å²) in [4.78, 5) is 57.2. The Balaban J connectivity index is 1.53. The van der Waals surface area contributed by atoms with Gasteiger partial charge in [0.05, 0.1) is 43.3 Å². The number of benzene rings is 2. The highest BCUT2D eigenvalue weighted by Crippen LogP contribution is 2.50. The number of hydrogen-bond donors (Lipinski definition) is 0. The first-order valence-corrected chi connectivity index (χ1v) is 12.7. The number of hydrogen-bond acceptors (Lipinski definition) is 6. The highest BCUT2D eigenvalue weighted by atomic mass is 32.2. The van der Waals surface area contributed by atoms with E-state index in [0.717, 1.165) is 31.9 Å². The SMILES string of the molecule is CN1C(=O)/C(=C2\Sc3cc4c(cc3N(C)C2=O)n(C)c(=O)n4C)Sc2cc3c(cc21)n(C)c(=O)n3C. The predicted molar refractivity (Wildman–Crippen MR) is 142 cm³/mol. The van der Waals surface area contributed by atoms with E-state index in [2.05, 4.69) is 0 Å². The number of aromatic nitrogens is 4. The first-order valence-electron chi connectivity index (χ1n) is 11.1. The van der Waals surface area contributed by atoms with Crippen molar-refractivity contribution in [2.24, 2.45) is 28.2 Å². The van der Waals surface area contributed by atoms with Gasteiger partial charge in [-0.15, -0.1) is 0 Å². The van der Waals surface area contributed by atoms with E-state index in [1.54, 1.807) is 60.6 Å². The number of carbonyl (C=O) groups is 2. The van der Waals surface area contributed by atoms with Gasteiger partial charge >= 0.3 is 11.4 Å². The average Bonchev–Trinajstić information content (AvgIpc) is 3.21. The Hall–Kier alpha value is -3.64. The third-order valence-corrected chi connectivity index (χ3v) is 9.44. The molecule has 0 spiro atoms. The molecule has 0 bridgehead atoms. The monoisotopic (exact) mass is 522 g/mol. The zero-order chi connectivity index (χ0) is 25.8. The van der Waals surface area contributed by atoms with Crippen molar-refractivity contribution in [1.29, 1.82) is 0 Å². The Morgan fingerprint density at radius 2 is 0.806 bits per heavy atom. The number of imidazole rings is 2. The molecule has 0 aliphatic carbocycles. The highest BCUT2D eigenvalue weighted by molar-refractivity contribution is 8.08. The number of likely N-dealkylation sites (N-methyl/N-ethyl adjacent to an activating group) is 2. The number of nitrogens with zero attached hydrogens (tertiary/aromatic N) is 6. The fraction of sp³-hybridized carbons (Fsp3) is 0.250. The number of thioether (sulfide) groups is 2. The molecule has 0 N–H and O–H groups in total. The minimum absolute atomic E-state index is 0.150. The van der Waals surface area contributed by atoms with Crippen molar-refractivity contribution in [2.45, 2.75) is 9.79 Å². The molecule has 0 fully saturated rings. The van der Waals surface area contributed by atoms with Crippen LogP contribution in [0.15, 0.2) is 53.5 Å². The van der Waals surface area contributed by atoms with Crippen molar-refractivity contribution in [3.05, 3.63) is 55.0 Å². The van der Waals surface area contributed by atoms with Crippen LogP contribution in [0.2, 0.25) is 0 Å². The maximum atomic E-state index is 13.5. The average molecular weight is 523 g/mol. The lowest BCUT2D eigenvalue weighted by atomic mass is 10.2. The largest absolute Gasteiger partial charge is 0.328 e. The van der Waals surface area contributed by atoms with Gasteiger partial charge in [0.2, 0.25) is 0 Å². The molecule has 2 aliphatic heterocycles. The minimum Gasteiger partial charge on any atom is -0.310 e. The molecule has 0 radical (unpaired) electrons. The van der Waals surface area contributed by atoms with E-state index in [4.69, 9.17) is 0 Å². The maximum absolute atomic E-state index is 13.5. The summed E-state index contributed by atoms with van der Waals surface area (Å²) in [5, 5.41) is 0.